The standard InChI is InChI=1S/C20H22ClNO2S/c1-24-18-9-5-2-6-15(18)14-20(23)22-11-10-19(25-13-12-22)16-7-3-4-8-17(16)21/h2-9,19H,10-14H2,1H3/t19-/m0/s1. The van der Waals surface area contributed by atoms with Crippen molar-refractivity contribution in [3.05, 3.63) is 64.7 Å². The number of para-hydroxylation sites is 1. The molecule has 0 bridgehead atoms. The van der Waals surface area contributed by atoms with Gasteiger partial charge in [-0.15, -0.1) is 0 Å². The molecule has 1 aliphatic rings. The first-order valence-electron chi connectivity index (χ1n) is 8.44. The fraction of sp³-hybridized carbons (Fsp3) is 0.350. The highest BCUT2D eigenvalue weighted by Crippen LogP contribution is 2.37. The number of hydrogen-bond donors (Lipinski definition) is 0. The lowest BCUT2D eigenvalue weighted by atomic mass is 10.1. The van der Waals surface area contributed by atoms with Gasteiger partial charge in [0, 0.05) is 34.7 Å². The van der Waals surface area contributed by atoms with Gasteiger partial charge in [0.05, 0.1) is 13.5 Å². The van der Waals surface area contributed by atoms with Crippen molar-refractivity contribution in [2.45, 2.75) is 18.1 Å². The molecule has 0 spiro atoms. The number of benzene rings is 2. The highest BCUT2D eigenvalue weighted by atomic mass is 35.5. The molecule has 0 N–H and O–H groups in total. The Kier molecular flexibility index (Phi) is 6.27. The molecule has 1 atom stereocenters. The van der Waals surface area contributed by atoms with Crippen LogP contribution in [0.4, 0.5) is 0 Å². The van der Waals surface area contributed by atoms with Gasteiger partial charge in [0.1, 0.15) is 5.75 Å². The molecule has 0 saturated carbocycles. The Morgan fingerprint density at radius 2 is 1.96 bits per heavy atom. The summed E-state index contributed by atoms with van der Waals surface area (Å²) in [5, 5.41) is 1.16. The van der Waals surface area contributed by atoms with Crippen LogP contribution >= 0.6 is 23.4 Å². The molecule has 0 unspecified atom stereocenters. The Bertz CT molecular complexity index is 737. The Morgan fingerprint density at radius 3 is 2.76 bits per heavy atom. The van der Waals surface area contributed by atoms with E-state index in [1.54, 1.807) is 7.11 Å². The molecule has 0 aromatic heterocycles. The Morgan fingerprint density at radius 1 is 1.20 bits per heavy atom. The number of carbonyl (C=O) groups excluding carboxylic acids is 1. The molecule has 1 saturated heterocycles. The first kappa shape index (κ1) is 18.2. The second-order valence-corrected chi connectivity index (χ2v) is 7.76. The van der Waals surface area contributed by atoms with Crippen LogP contribution in [0.25, 0.3) is 0 Å². The molecule has 5 heteroatoms. The van der Waals surface area contributed by atoms with Crippen molar-refractivity contribution >= 4 is 29.3 Å². The number of nitrogens with zero attached hydrogens (tertiary/aromatic N) is 1. The lowest BCUT2D eigenvalue weighted by molar-refractivity contribution is -0.130. The molecule has 1 amide bonds. The predicted molar refractivity (Wildman–Crippen MR) is 105 cm³/mol. The van der Waals surface area contributed by atoms with Gasteiger partial charge < -0.3 is 9.64 Å². The number of hydrogen-bond acceptors (Lipinski definition) is 3. The lowest BCUT2D eigenvalue weighted by Crippen LogP contribution is -2.34. The molecule has 1 aliphatic heterocycles. The minimum Gasteiger partial charge on any atom is -0.496 e. The summed E-state index contributed by atoms with van der Waals surface area (Å²) in [7, 11) is 1.64. The van der Waals surface area contributed by atoms with Crippen LogP contribution in [0.3, 0.4) is 0 Å². The Balaban J connectivity index is 1.65. The van der Waals surface area contributed by atoms with E-state index in [1.807, 2.05) is 59.1 Å². The molecule has 3 rings (SSSR count). The van der Waals surface area contributed by atoms with Crippen LogP contribution in [0, 0.1) is 0 Å². The molecule has 3 nitrogen and oxygen atoms in total. The Hall–Kier alpha value is -1.65. The SMILES string of the molecule is COc1ccccc1CC(=O)N1CCS[C@H](c2ccccc2Cl)CC1. The van der Waals surface area contributed by atoms with E-state index in [9.17, 15) is 4.79 Å². The van der Waals surface area contributed by atoms with Gasteiger partial charge in [0.25, 0.3) is 0 Å². The van der Waals surface area contributed by atoms with E-state index in [4.69, 9.17) is 16.3 Å². The van der Waals surface area contributed by atoms with Crippen LogP contribution in [-0.4, -0.2) is 36.8 Å². The van der Waals surface area contributed by atoms with Gasteiger partial charge >= 0.3 is 0 Å². The van der Waals surface area contributed by atoms with Crippen LogP contribution in [0.15, 0.2) is 48.5 Å². The quantitative estimate of drug-likeness (QED) is 0.782. The van der Waals surface area contributed by atoms with Crippen molar-refractivity contribution in [3.8, 4) is 5.75 Å². The van der Waals surface area contributed by atoms with E-state index >= 15 is 0 Å². The summed E-state index contributed by atoms with van der Waals surface area (Å²) in [6, 6.07) is 15.7. The first-order chi connectivity index (χ1) is 12.2. The van der Waals surface area contributed by atoms with Crippen LogP contribution in [-0.2, 0) is 11.2 Å². The molecular formula is C20H22ClNO2S. The van der Waals surface area contributed by atoms with Crippen molar-refractivity contribution in [1.29, 1.82) is 0 Å². The van der Waals surface area contributed by atoms with Crippen LogP contribution < -0.4 is 4.74 Å². The maximum absolute atomic E-state index is 12.7. The van der Waals surface area contributed by atoms with Crippen molar-refractivity contribution in [2.75, 3.05) is 26.0 Å². The average molecular weight is 376 g/mol. The second-order valence-electron chi connectivity index (χ2n) is 6.04. The van der Waals surface area contributed by atoms with Gasteiger partial charge in [0.2, 0.25) is 5.91 Å². The molecule has 132 valence electrons. The largest absolute Gasteiger partial charge is 0.496 e. The number of halogens is 1. The van der Waals surface area contributed by atoms with E-state index in [-0.39, 0.29) is 5.91 Å². The third-order valence-corrected chi connectivity index (χ3v) is 6.13. The highest BCUT2D eigenvalue weighted by molar-refractivity contribution is 7.99. The van der Waals surface area contributed by atoms with E-state index in [0.717, 1.165) is 41.6 Å². The van der Waals surface area contributed by atoms with Crippen LogP contribution in [0.2, 0.25) is 5.02 Å². The summed E-state index contributed by atoms with van der Waals surface area (Å²) >= 11 is 8.23. The van der Waals surface area contributed by atoms with Gasteiger partial charge in [0.15, 0.2) is 0 Å². The van der Waals surface area contributed by atoms with Gasteiger partial charge in [-0.2, -0.15) is 11.8 Å². The molecule has 2 aromatic rings. The molecule has 0 aliphatic carbocycles. The van der Waals surface area contributed by atoms with E-state index in [2.05, 4.69) is 6.07 Å². The van der Waals surface area contributed by atoms with Gasteiger partial charge in [-0.3, -0.25) is 4.79 Å². The summed E-state index contributed by atoms with van der Waals surface area (Å²) < 4.78 is 5.36. The zero-order chi connectivity index (χ0) is 17.6. The number of amides is 1. The number of thioether (sulfide) groups is 1. The number of ether oxygens (including phenoxy) is 1. The monoisotopic (exact) mass is 375 g/mol. The molecule has 1 heterocycles. The fourth-order valence-electron chi connectivity index (χ4n) is 3.13. The molecule has 1 fully saturated rings. The van der Waals surface area contributed by atoms with Crippen molar-refractivity contribution in [3.63, 3.8) is 0 Å². The average Bonchev–Trinajstić information content (AvgIpc) is 2.89. The maximum Gasteiger partial charge on any atom is 0.227 e. The summed E-state index contributed by atoms with van der Waals surface area (Å²) in [5.74, 6) is 1.85. The summed E-state index contributed by atoms with van der Waals surface area (Å²) in [6.45, 7) is 1.54. The summed E-state index contributed by atoms with van der Waals surface area (Å²) in [5.41, 5.74) is 2.11. The number of rotatable bonds is 4. The fourth-order valence-corrected chi connectivity index (χ4v) is 4.73. The zero-order valence-electron chi connectivity index (χ0n) is 14.3. The van der Waals surface area contributed by atoms with Crippen LogP contribution in [0.1, 0.15) is 22.8 Å². The topological polar surface area (TPSA) is 29.5 Å². The first-order valence-corrected chi connectivity index (χ1v) is 9.87. The van der Waals surface area contributed by atoms with Crippen molar-refractivity contribution in [2.24, 2.45) is 0 Å². The van der Waals surface area contributed by atoms with E-state index in [1.165, 1.54) is 5.56 Å². The third kappa shape index (κ3) is 4.50. The van der Waals surface area contributed by atoms with Crippen LogP contribution in [0.5, 0.6) is 5.75 Å². The smallest absolute Gasteiger partial charge is 0.227 e. The highest BCUT2D eigenvalue weighted by Gasteiger charge is 2.23. The maximum atomic E-state index is 12.7. The molecular weight excluding hydrogens is 354 g/mol. The number of methoxy groups -OCH3 is 1. The summed E-state index contributed by atoms with van der Waals surface area (Å²) in [6.07, 6.45) is 1.30. The Labute approximate surface area is 158 Å². The second kappa shape index (κ2) is 8.63. The van der Waals surface area contributed by atoms with E-state index in [0.29, 0.717) is 11.7 Å². The minimum atomic E-state index is 0.157. The van der Waals surface area contributed by atoms with Gasteiger partial charge in [-0.25, -0.2) is 0 Å². The van der Waals surface area contributed by atoms with Crippen molar-refractivity contribution < 1.29 is 9.53 Å². The van der Waals surface area contributed by atoms with Gasteiger partial charge in [-0.05, 0) is 24.1 Å². The van der Waals surface area contributed by atoms with Crippen molar-refractivity contribution in [1.82, 2.24) is 4.90 Å². The number of carbonyl (C=O) groups is 1. The minimum absolute atomic E-state index is 0.157. The summed E-state index contributed by atoms with van der Waals surface area (Å²) in [4.78, 5) is 14.7. The molecule has 25 heavy (non-hydrogen) atoms. The third-order valence-electron chi connectivity index (χ3n) is 4.48. The predicted octanol–water partition coefficient (Wildman–Crippen LogP) is 4.60. The van der Waals surface area contributed by atoms with Gasteiger partial charge in [-0.1, -0.05) is 48.0 Å². The molecule has 2 aromatic carbocycles. The lowest BCUT2D eigenvalue weighted by Gasteiger charge is -2.21. The molecule has 0 radical (unpaired) electrons. The normalized spacial score (nSPS) is 17.8. The zero-order valence-corrected chi connectivity index (χ0v) is 15.9. The van der Waals surface area contributed by atoms with E-state index < -0.39 is 0 Å².